The highest BCUT2D eigenvalue weighted by Crippen LogP contribution is 2.41. The number of sulfonamides is 1. The topological polar surface area (TPSA) is 73.7 Å². The quantitative estimate of drug-likeness (QED) is 0.810. The average molecular weight is 329 g/mol. The lowest BCUT2D eigenvalue weighted by atomic mass is 9.73. The first-order chi connectivity index (χ1) is 10.5. The van der Waals surface area contributed by atoms with Crippen LogP contribution in [0.15, 0.2) is 17.6 Å². The summed E-state index contributed by atoms with van der Waals surface area (Å²) >= 11 is 0. The van der Waals surface area contributed by atoms with E-state index in [0.717, 1.165) is 19.4 Å². The normalized spacial score (nSPS) is 30.2. The van der Waals surface area contributed by atoms with E-state index in [0.29, 0.717) is 26.1 Å². The van der Waals surface area contributed by atoms with Crippen molar-refractivity contribution in [2.45, 2.75) is 30.4 Å². The number of rotatable bonds is 4. The maximum atomic E-state index is 12.8. The summed E-state index contributed by atoms with van der Waals surface area (Å²) in [6.07, 6.45) is 5.71. The molecule has 2 atom stereocenters. The predicted octanol–water partition coefficient (Wildman–Crippen LogP) is 0.626. The van der Waals surface area contributed by atoms with Gasteiger partial charge in [0.15, 0.2) is 5.03 Å². The zero-order chi connectivity index (χ0) is 15.8. The van der Waals surface area contributed by atoms with Crippen molar-refractivity contribution in [3.8, 4) is 0 Å². The molecule has 0 unspecified atom stereocenters. The van der Waals surface area contributed by atoms with E-state index < -0.39 is 10.0 Å². The number of nitrogens with zero attached hydrogens (tertiary/aromatic N) is 3. The van der Waals surface area contributed by atoms with Crippen LogP contribution >= 0.6 is 0 Å². The Balaban J connectivity index is 1.87. The van der Waals surface area contributed by atoms with Crippen molar-refractivity contribution < 1.29 is 17.9 Å². The van der Waals surface area contributed by atoms with Crippen molar-refractivity contribution >= 4 is 10.0 Å². The molecule has 2 fully saturated rings. The smallest absolute Gasteiger partial charge is 0.262 e. The monoisotopic (exact) mass is 329 g/mol. The van der Waals surface area contributed by atoms with Crippen LogP contribution in [0, 0.1) is 5.41 Å². The molecule has 7 nitrogen and oxygen atoms in total. The van der Waals surface area contributed by atoms with E-state index in [4.69, 9.17) is 9.47 Å². The molecule has 22 heavy (non-hydrogen) atoms. The Labute approximate surface area is 131 Å². The fourth-order valence-electron chi connectivity index (χ4n) is 3.61. The predicted molar refractivity (Wildman–Crippen MR) is 79.9 cm³/mol. The fourth-order valence-corrected chi connectivity index (χ4v) is 5.12. The Morgan fingerprint density at radius 2 is 2.36 bits per heavy atom. The van der Waals surface area contributed by atoms with Gasteiger partial charge in [-0.1, -0.05) is 0 Å². The van der Waals surface area contributed by atoms with E-state index in [1.165, 1.54) is 6.33 Å². The Kier molecular flexibility index (Phi) is 4.28. The van der Waals surface area contributed by atoms with Crippen molar-refractivity contribution in [1.29, 1.82) is 0 Å². The molecule has 3 rings (SSSR count). The minimum Gasteiger partial charge on any atom is -0.384 e. The molecule has 1 aromatic heterocycles. The number of methoxy groups -OCH3 is 1. The van der Waals surface area contributed by atoms with Gasteiger partial charge >= 0.3 is 0 Å². The second kappa shape index (κ2) is 5.92. The van der Waals surface area contributed by atoms with Crippen molar-refractivity contribution in [1.82, 2.24) is 13.9 Å². The summed E-state index contributed by atoms with van der Waals surface area (Å²) in [6, 6.07) is 0. The van der Waals surface area contributed by atoms with Crippen LogP contribution in [0.5, 0.6) is 0 Å². The Morgan fingerprint density at radius 1 is 1.55 bits per heavy atom. The van der Waals surface area contributed by atoms with E-state index in [1.54, 1.807) is 29.2 Å². The molecule has 0 radical (unpaired) electrons. The zero-order valence-corrected chi connectivity index (χ0v) is 13.9. The highest BCUT2D eigenvalue weighted by molar-refractivity contribution is 7.89. The summed E-state index contributed by atoms with van der Waals surface area (Å²) in [5.74, 6) is 0. The number of hydrogen-bond acceptors (Lipinski definition) is 5. The molecule has 0 N–H and O–H groups in total. The van der Waals surface area contributed by atoms with Gasteiger partial charge in [-0.05, 0) is 19.3 Å². The summed E-state index contributed by atoms with van der Waals surface area (Å²) in [7, 11) is -0.135. The largest absolute Gasteiger partial charge is 0.384 e. The lowest BCUT2D eigenvalue weighted by Crippen LogP contribution is -2.57. The first-order valence-electron chi connectivity index (χ1n) is 7.57. The molecule has 3 heterocycles. The molecule has 8 heteroatoms. The van der Waals surface area contributed by atoms with Crippen LogP contribution in [0.3, 0.4) is 0 Å². The van der Waals surface area contributed by atoms with Crippen LogP contribution in [0.2, 0.25) is 0 Å². The van der Waals surface area contributed by atoms with Crippen LogP contribution in [-0.2, 0) is 26.5 Å². The lowest BCUT2D eigenvalue weighted by molar-refractivity contribution is -0.137. The number of hydrogen-bond donors (Lipinski definition) is 0. The first kappa shape index (κ1) is 15.9. The van der Waals surface area contributed by atoms with Crippen LogP contribution in [-0.4, -0.2) is 61.8 Å². The van der Waals surface area contributed by atoms with Gasteiger partial charge in [-0.15, -0.1) is 0 Å². The van der Waals surface area contributed by atoms with Crippen LogP contribution in [0.25, 0.3) is 0 Å². The number of fused-ring (bicyclic) bond motifs is 1. The number of piperidine rings is 1. The molecule has 0 spiro atoms. The van der Waals surface area contributed by atoms with Gasteiger partial charge in [-0.3, -0.25) is 0 Å². The minimum atomic E-state index is -3.56. The van der Waals surface area contributed by atoms with E-state index in [-0.39, 0.29) is 16.5 Å². The molecule has 0 bridgehead atoms. The molecule has 0 aromatic carbocycles. The second-order valence-corrected chi connectivity index (χ2v) is 8.15. The van der Waals surface area contributed by atoms with E-state index in [2.05, 4.69) is 4.98 Å². The van der Waals surface area contributed by atoms with Gasteiger partial charge in [0.05, 0.1) is 19.0 Å². The van der Waals surface area contributed by atoms with E-state index >= 15 is 0 Å². The fraction of sp³-hybridized carbons (Fsp3) is 0.786. The third kappa shape index (κ3) is 2.68. The third-order valence-electron chi connectivity index (χ3n) is 4.67. The maximum absolute atomic E-state index is 12.8. The molecule has 0 amide bonds. The number of ether oxygens (including phenoxy) is 2. The van der Waals surface area contributed by atoms with Gasteiger partial charge in [-0.2, -0.15) is 4.31 Å². The van der Waals surface area contributed by atoms with Gasteiger partial charge in [0.25, 0.3) is 10.0 Å². The summed E-state index contributed by atoms with van der Waals surface area (Å²) < 4.78 is 40.0. The number of aromatic nitrogens is 2. The maximum Gasteiger partial charge on any atom is 0.262 e. The van der Waals surface area contributed by atoms with Crippen molar-refractivity contribution in [2.24, 2.45) is 12.5 Å². The summed E-state index contributed by atoms with van der Waals surface area (Å²) in [5.41, 5.74) is -0.243. The second-order valence-electron chi connectivity index (χ2n) is 6.26. The van der Waals surface area contributed by atoms with Gasteiger partial charge in [-0.25, -0.2) is 13.4 Å². The lowest BCUT2D eigenvalue weighted by Gasteiger charge is -2.49. The first-order valence-corrected chi connectivity index (χ1v) is 9.01. The van der Waals surface area contributed by atoms with Crippen LogP contribution in [0.4, 0.5) is 0 Å². The minimum absolute atomic E-state index is 0.0800. The van der Waals surface area contributed by atoms with E-state index in [9.17, 15) is 8.42 Å². The van der Waals surface area contributed by atoms with Crippen LogP contribution in [0.1, 0.15) is 19.3 Å². The molecule has 0 saturated carbocycles. The standard InChI is InChI=1S/C14H23N3O4S/c1-16-8-13(15-11-16)22(18,19)17-6-4-12-14(9-17,10-20-2)5-3-7-21-12/h8,11-12H,3-7,9-10H2,1-2H3/t12-,14+/m0/s1. The SMILES string of the molecule is COC[C@]12CCCO[C@H]1CCN(S(=O)(=O)c1cn(C)cn1)C2. The molecule has 2 aliphatic rings. The van der Waals surface area contributed by atoms with Crippen LogP contribution < -0.4 is 0 Å². The molecule has 1 aromatic rings. The van der Waals surface area contributed by atoms with Crippen molar-refractivity contribution in [3.05, 3.63) is 12.5 Å². The Hall–Kier alpha value is -0.960. The Morgan fingerprint density at radius 3 is 3.05 bits per heavy atom. The van der Waals surface area contributed by atoms with Gasteiger partial charge in [0, 0.05) is 45.5 Å². The van der Waals surface area contributed by atoms with Gasteiger partial charge < -0.3 is 14.0 Å². The highest BCUT2D eigenvalue weighted by atomic mass is 32.2. The number of aryl methyl sites for hydroxylation is 1. The molecule has 124 valence electrons. The highest BCUT2D eigenvalue weighted by Gasteiger charge is 2.48. The van der Waals surface area contributed by atoms with E-state index in [1.807, 2.05) is 0 Å². The third-order valence-corrected chi connectivity index (χ3v) is 6.40. The van der Waals surface area contributed by atoms with Gasteiger partial charge in [0.1, 0.15) is 0 Å². The summed E-state index contributed by atoms with van der Waals surface area (Å²) in [4.78, 5) is 4.01. The molecular weight excluding hydrogens is 306 g/mol. The average Bonchev–Trinajstić information content (AvgIpc) is 2.94. The summed E-state index contributed by atoms with van der Waals surface area (Å²) in [6.45, 7) is 2.18. The zero-order valence-electron chi connectivity index (χ0n) is 13.1. The van der Waals surface area contributed by atoms with Crippen molar-refractivity contribution in [3.63, 3.8) is 0 Å². The number of imidazole rings is 1. The van der Waals surface area contributed by atoms with Gasteiger partial charge in [0.2, 0.25) is 0 Å². The Bertz CT molecular complexity index is 626. The molecule has 2 aliphatic heterocycles. The molecule has 0 aliphatic carbocycles. The van der Waals surface area contributed by atoms with Crippen molar-refractivity contribution in [2.75, 3.05) is 33.4 Å². The summed E-state index contributed by atoms with van der Waals surface area (Å²) in [5, 5.41) is 0.109. The molecule has 2 saturated heterocycles. The molecular formula is C14H23N3O4S.